The van der Waals surface area contributed by atoms with Gasteiger partial charge in [-0.3, -0.25) is 9.59 Å². The minimum Gasteiger partial charge on any atom is -0.460 e. The SMILES string of the molecule is CCOC(=O)C(=O)CC(=O)c1ccc(F)c2cc[nH]c12. The molecule has 0 amide bonds. The van der Waals surface area contributed by atoms with Gasteiger partial charge in [0, 0.05) is 17.1 Å². The Labute approximate surface area is 113 Å². The Morgan fingerprint density at radius 1 is 1.25 bits per heavy atom. The molecule has 1 N–H and O–H groups in total. The summed E-state index contributed by atoms with van der Waals surface area (Å²) in [6.07, 6.45) is 0.899. The van der Waals surface area contributed by atoms with Gasteiger partial charge in [0.25, 0.3) is 0 Å². The Hall–Kier alpha value is -2.50. The molecule has 0 atom stereocenters. The molecule has 0 bridgehead atoms. The Bertz CT molecular complexity index is 690. The lowest BCUT2D eigenvalue weighted by molar-refractivity contribution is -0.153. The van der Waals surface area contributed by atoms with E-state index in [4.69, 9.17) is 0 Å². The number of fused-ring (bicyclic) bond motifs is 1. The topological polar surface area (TPSA) is 76.2 Å². The monoisotopic (exact) mass is 277 g/mol. The van der Waals surface area contributed by atoms with E-state index in [1.54, 1.807) is 6.92 Å². The van der Waals surface area contributed by atoms with Crippen LogP contribution >= 0.6 is 0 Å². The Balaban J connectivity index is 2.24. The molecule has 0 saturated heterocycles. The summed E-state index contributed by atoms with van der Waals surface area (Å²) in [5.74, 6) is -2.98. The molecule has 5 nitrogen and oxygen atoms in total. The van der Waals surface area contributed by atoms with Crippen LogP contribution in [-0.4, -0.2) is 29.1 Å². The zero-order chi connectivity index (χ0) is 14.7. The molecule has 0 aliphatic heterocycles. The molecular weight excluding hydrogens is 265 g/mol. The lowest BCUT2D eigenvalue weighted by Gasteiger charge is -2.03. The first-order valence-corrected chi connectivity index (χ1v) is 6.03. The van der Waals surface area contributed by atoms with Crippen LogP contribution in [0.2, 0.25) is 0 Å². The van der Waals surface area contributed by atoms with Crippen LogP contribution in [0.25, 0.3) is 10.9 Å². The second-order valence-corrected chi connectivity index (χ2v) is 4.10. The summed E-state index contributed by atoms with van der Waals surface area (Å²) < 4.78 is 18.0. The van der Waals surface area contributed by atoms with Gasteiger partial charge in [-0.05, 0) is 25.1 Å². The molecule has 0 aliphatic rings. The van der Waals surface area contributed by atoms with E-state index in [9.17, 15) is 18.8 Å². The van der Waals surface area contributed by atoms with E-state index in [0.717, 1.165) is 6.07 Å². The van der Waals surface area contributed by atoms with Crippen LogP contribution in [0.3, 0.4) is 0 Å². The molecule has 1 aromatic carbocycles. The molecule has 0 radical (unpaired) electrons. The number of Topliss-reactive ketones (excluding diaryl/α,β-unsaturated/α-hetero) is 2. The molecule has 1 aromatic heterocycles. The van der Waals surface area contributed by atoms with Gasteiger partial charge in [0.2, 0.25) is 5.78 Å². The molecule has 0 fully saturated rings. The molecule has 2 rings (SSSR count). The molecule has 1 heterocycles. The van der Waals surface area contributed by atoms with E-state index in [-0.39, 0.29) is 17.6 Å². The maximum atomic E-state index is 13.5. The Kier molecular flexibility index (Phi) is 3.93. The van der Waals surface area contributed by atoms with Crippen molar-refractivity contribution < 1.29 is 23.5 Å². The number of carbonyl (C=O) groups excluding carboxylic acids is 3. The number of H-pyrrole nitrogens is 1. The highest BCUT2D eigenvalue weighted by atomic mass is 19.1. The van der Waals surface area contributed by atoms with Gasteiger partial charge in [0.15, 0.2) is 5.78 Å². The number of ether oxygens (including phenoxy) is 1. The number of carbonyl (C=O) groups is 3. The van der Waals surface area contributed by atoms with Gasteiger partial charge in [-0.1, -0.05) is 0 Å². The fraction of sp³-hybridized carbons (Fsp3) is 0.214. The number of hydrogen-bond acceptors (Lipinski definition) is 4. The standard InChI is InChI=1S/C14H12FNO4/c1-2-20-14(19)12(18)7-11(17)9-3-4-10(15)8-5-6-16-13(8)9/h3-6,16H,2,7H2,1H3. The van der Waals surface area contributed by atoms with Crippen LogP contribution < -0.4 is 0 Å². The van der Waals surface area contributed by atoms with Crippen LogP contribution in [0, 0.1) is 5.82 Å². The third-order valence-electron chi connectivity index (χ3n) is 2.79. The van der Waals surface area contributed by atoms with Crippen molar-refractivity contribution in [3.63, 3.8) is 0 Å². The maximum absolute atomic E-state index is 13.5. The molecule has 0 unspecified atom stereocenters. The summed E-state index contributed by atoms with van der Waals surface area (Å²) in [4.78, 5) is 37.4. The number of aromatic amines is 1. The molecule has 0 saturated carbocycles. The maximum Gasteiger partial charge on any atom is 0.375 e. The summed E-state index contributed by atoms with van der Waals surface area (Å²) in [5, 5.41) is 0.263. The van der Waals surface area contributed by atoms with Crippen molar-refractivity contribution in [2.75, 3.05) is 6.61 Å². The van der Waals surface area contributed by atoms with E-state index in [1.807, 2.05) is 0 Å². The number of aromatic nitrogens is 1. The number of halogens is 1. The smallest absolute Gasteiger partial charge is 0.375 e. The number of ketones is 2. The van der Waals surface area contributed by atoms with Crippen LogP contribution in [0.1, 0.15) is 23.7 Å². The third kappa shape index (κ3) is 2.59. The highest BCUT2D eigenvalue weighted by molar-refractivity contribution is 6.38. The van der Waals surface area contributed by atoms with Crippen LogP contribution in [0.5, 0.6) is 0 Å². The van der Waals surface area contributed by atoms with Gasteiger partial charge in [-0.15, -0.1) is 0 Å². The van der Waals surface area contributed by atoms with Crippen molar-refractivity contribution in [1.29, 1.82) is 0 Å². The zero-order valence-corrected chi connectivity index (χ0v) is 10.7. The lowest BCUT2D eigenvalue weighted by atomic mass is 10.0. The van der Waals surface area contributed by atoms with Crippen molar-refractivity contribution in [3.8, 4) is 0 Å². The number of benzene rings is 1. The molecule has 104 valence electrons. The van der Waals surface area contributed by atoms with Crippen molar-refractivity contribution >= 4 is 28.4 Å². The summed E-state index contributed by atoms with van der Waals surface area (Å²) in [7, 11) is 0. The number of hydrogen-bond donors (Lipinski definition) is 1. The summed E-state index contributed by atoms with van der Waals surface area (Å²) >= 11 is 0. The predicted octanol–water partition coefficient (Wildman–Crippen LogP) is 2.01. The average molecular weight is 277 g/mol. The first-order valence-electron chi connectivity index (χ1n) is 6.03. The largest absolute Gasteiger partial charge is 0.460 e. The van der Waals surface area contributed by atoms with E-state index < -0.39 is 29.8 Å². The Morgan fingerprint density at radius 2 is 2.00 bits per heavy atom. The second kappa shape index (κ2) is 5.64. The molecule has 6 heteroatoms. The molecule has 0 aliphatic carbocycles. The van der Waals surface area contributed by atoms with Crippen LogP contribution in [0.4, 0.5) is 4.39 Å². The van der Waals surface area contributed by atoms with Crippen LogP contribution in [-0.2, 0) is 14.3 Å². The molecule has 2 aromatic rings. The van der Waals surface area contributed by atoms with Crippen molar-refractivity contribution in [2.24, 2.45) is 0 Å². The molecule has 0 spiro atoms. The van der Waals surface area contributed by atoms with Crippen LogP contribution in [0.15, 0.2) is 24.4 Å². The highest BCUT2D eigenvalue weighted by Gasteiger charge is 2.22. The second-order valence-electron chi connectivity index (χ2n) is 4.10. The molecule has 20 heavy (non-hydrogen) atoms. The lowest BCUT2D eigenvalue weighted by Crippen LogP contribution is -2.20. The van der Waals surface area contributed by atoms with Crippen molar-refractivity contribution in [1.82, 2.24) is 4.98 Å². The predicted molar refractivity (Wildman–Crippen MR) is 68.8 cm³/mol. The van der Waals surface area contributed by atoms with Gasteiger partial charge >= 0.3 is 5.97 Å². The average Bonchev–Trinajstić information content (AvgIpc) is 2.89. The van der Waals surface area contributed by atoms with E-state index in [0.29, 0.717) is 5.52 Å². The van der Waals surface area contributed by atoms with Crippen molar-refractivity contribution in [2.45, 2.75) is 13.3 Å². The van der Waals surface area contributed by atoms with E-state index in [1.165, 1.54) is 18.3 Å². The van der Waals surface area contributed by atoms with Gasteiger partial charge in [-0.2, -0.15) is 0 Å². The van der Waals surface area contributed by atoms with Gasteiger partial charge in [0.05, 0.1) is 18.5 Å². The summed E-state index contributed by atoms with van der Waals surface area (Å²) in [6.45, 7) is 1.63. The third-order valence-corrected chi connectivity index (χ3v) is 2.79. The normalized spacial score (nSPS) is 10.5. The van der Waals surface area contributed by atoms with Gasteiger partial charge < -0.3 is 9.72 Å². The highest BCUT2D eigenvalue weighted by Crippen LogP contribution is 2.21. The summed E-state index contributed by atoms with van der Waals surface area (Å²) in [6, 6.07) is 3.93. The Morgan fingerprint density at radius 3 is 2.70 bits per heavy atom. The summed E-state index contributed by atoms with van der Waals surface area (Å²) in [5.41, 5.74) is 0.482. The van der Waals surface area contributed by atoms with Gasteiger partial charge in [-0.25, -0.2) is 9.18 Å². The number of rotatable bonds is 5. The minimum atomic E-state index is -1.04. The zero-order valence-electron chi connectivity index (χ0n) is 10.7. The quantitative estimate of drug-likeness (QED) is 0.392. The first-order chi connectivity index (χ1) is 9.54. The first kappa shape index (κ1) is 13.9. The minimum absolute atomic E-state index is 0.0657. The fourth-order valence-corrected chi connectivity index (χ4v) is 1.88. The van der Waals surface area contributed by atoms with Gasteiger partial charge in [0.1, 0.15) is 5.82 Å². The number of esters is 1. The van der Waals surface area contributed by atoms with Crippen molar-refractivity contribution in [3.05, 3.63) is 35.8 Å². The van der Waals surface area contributed by atoms with E-state index >= 15 is 0 Å². The number of nitrogens with one attached hydrogen (secondary N) is 1. The molecular formula is C14H12FNO4. The van der Waals surface area contributed by atoms with E-state index in [2.05, 4.69) is 9.72 Å². The fourth-order valence-electron chi connectivity index (χ4n) is 1.88.